The maximum atomic E-state index is 12.7. The van der Waals surface area contributed by atoms with Crippen LogP contribution in [0.15, 0.2) is 66.7 Å². The minimum atomic E-state index is 0.271. The molecule has 0 radical (unpaired) electrons. The van der Waals surface area contributed by atoms with Gasteiger partial charge < -0.3 is 9.80 Å². The summed E-state index contributed by atoms with van der Waals surface area (Å²) in [6.07, 6.45) is 1.39. The molecule has 0 aromatic heterocycles. The van der Waals surface area contributed by atoms with E-state index in [2.05, 4.69) is 78.6 Å². The molecule has 0 unspecified atom stereocenters. The topological polar surface area (TPSA) is 23.6 Å². The van der Waals surface area contributed by atoms with Gasteiger partial charge in [-0.15, -0.1) is 0 Å². The molecule has 1 aliphatic rings. The lowest BCUT2D eigenvalue weighted by Crippen LogP contribution is -2.49. The van der Waals surface area contributed by atoms with Crippen LogP contribution in [0.5, 0.6) is 0 Å². The molecule has 3 heteroatoms. The summed E-state index contributed by atoms with van der Waals surface area (Å²) in [6.45, 7) is 5.59. The van der Waals surface area contributed by atoms with Crippen LogP contribution in [-0.4, -0.2) is 37.0 Å². The lowest BCUT2D eigenvalue weighted by atomic mass is 10.0. The molecule has 1 aliphatic heterocycles. The summed E-state index contributed by atoms with van der Waals surface area (Å²) in [7, 11) is 0. The van der Waals surface area contributed by atoms with Gasteiger partial charge in [-0.05, 0) is 41.3 Å². The van der Waals surface area contributed by atoms with E-state index in [4.69, 9.17) is 0 Å². The Balaban J connectivity index is 1.32. The van der Waals surface area contributed by atoms with Crippen LogP contribution in [0.2, 0.25) is 0 Å². The third kappa shape index (κ3) is 3.97. The Morgan fingerprint density at radius 3 is 2.33 bits per heavy atom. The number of carbonyl (C=O) groups is 1. The van der Waals surface area contributed by atoms with Crippen molar-refractivity contribution in [3.63, 3.8) is 0 Å². The van der Waals surface area contributed by atoms with Gasteiger partial charge in [0, 0.05) is 38.3 Å². The fourth-order valence-electron chi connectivity index (χ4n) is 3.92. The summed E-state index contributed by atoms with van der Waals surface area (Å²) in [5, 5.41) is 2.49. The maximum absolute atomic E-state index is 12.7. The number of fused-ring (bicyclic) bond motifs is 1. The molecule has 27 heavy (non-hydrogen) atoms. The van der Waals surface area contributed by atoms with Crippen LogP contribution in [0, 0.1) is 6.92 Å². The molecule has 1 amide bonds. The highest BCUT2D eigenvalue weighted by Crippen LogP contribution is 2.21. The number of nitrogens with zero attached hydrogens (tertiary/aromatic N) is 2. The highest BCUT2D eigenvalue weighted by molar-refractivity contribution is 5.83. The quantitative estimate of drug-likeness (QED) is 0.689. The van der Waals surface area contributed by atoms with Crippen molar-refractivity contribution < 1.29 is 4.79 Å². The largest absolute Gasteiger partial charge is 0.368 e. The summed E-state index contributed by atoms with van der Waals surface area (Å²) in [6, 6.07) is 23.4. The minimum Gasteiger partial charge on any atom is -0.368 e. The van der Waals surface area contributed by atoms with E-state index in [9.17, 15) is 4.79 Å². The molecule has 0 bridgehead atoms. The van der Waals surface area contributed by atoms with E-state index in [0.717, 1.165) is 32.6 Å². The molecule has 3 nitrogen and oxygen atoms in total. The van der Waals surface area contributed by atoms with Gasteiger partial charge in [0.25, 0.3) is 0 Å². The van der Waals surface area contributed by atoms with E-state index in [0.29, 0.717) is 6.42 Å². The first-order chi connectivity index (χ1) is 13.2. The molecule has 0 aliphatic carbocycles. The molecule has 1 fully saturated rings. The highest BCUT2D eigenvalue weighted by atomic mass is 16.2. The summed E-state index contributed by atoms with van der Waals surface area (Å²) < 4.78 is 0. The van der Waals surface area contributed by atoms with Crippen molar-refractivity contribution in [3.8, 4) is 0 Å². The maximum Gasteiger partial charge on any atom is 0.223 e. The van der Waals surface area contributed by atoms with Crippen LogP contribution in [0.3, 0.4) is 0 Å². The summed E-state index contributed by atoms with van der Waals surface area (Å²) in [5.41, 5.74) is 3.83. The Kier molecular flexibility index (Phi) is 5.10. The number of para-hydroxylation sites is 1. The van der Waals surface area contributed by atoms with Gasteiger partial charge in [0.05, 0.1) is 0 Å². The summed E-state index contributed by atoms with van der Waals surface area (Å²) >= 11 is 0. The van der Waals surface area contributed by atoms with Crippen molar-refractivity contribution >= 4 is 22.4 Å². The van der Waals surface area contributed by atoms with Crippen molar-refractivity contribution in [2.45, 2.75) is 19.8 Å². The van der Waals surface area contributed by atoms with Crippen molar-refractivity contribution in [1.82, 2.24) is 4.90 Å². The van der Waals surface area contributed by atoms with Crippen LogP contribution < -0.4 is 4.90 Å². The monoisotopic (exact) mass is 358 g/mol. The van der Waals surface area contributed by atoms with Crippen molar-refractivity contribution in [2.75, 3.05) is 31.1 Å². The third-order valence-corrected chi connectivity index (χ3v) is 5.53. The molecule has 1 heterocycles. The van der Waals surface area contributed by atoms with Gasteiger partial charge in [-0.25, -0.2) is 0 Å². The van der Waals surface area contributed by atoms with E-state index < -0.39 is 0 Å². The van der Waals surface area contributed by atoms with E-state index in [1.54, 1.807) is 0 Å². The molecule has 138 valence electrons. The van der Waals surface area contributed by atoms with E-state index in [1.807, 2.05) is 4.90 Å². The first kappa shape index (κ1) is 17.6. The van der Waals surface area contributed by atoms with Crippen LogP contribution in [0.25, 0.3) is 10.8 Å². The number of piperazine rings is 1. The highest BCUT2D eigenvalue weighted by Gasteiger charge is 2.21. The zero-order valence-electron chi connectivity index (χ0n) is 15.9. The Labute approximate surface area is 161 Å². The van der Waals surface area contributed by atoms with Crippen LogP contribution in [0.1, 0.15) is 17.5 Å². The number of hydrogen-bond acceptors (Lipinski definition) is 2. The molecular weight excluding hydrogens is 332 g/mol. The van der Waals surface area contributed by atoms with Crippen molar-refractivity contribution in [3.05, 3.63) is 77.9 Å². The third-order valence-electron chi connectivity index (χ3n) is 5.53. The molecule has 0 spiro atoms. The average molecular weight is 358 g/mol. The minimum absolute atomic E-state index is 0.271. The number of benzene rings is 3. The van der Waals surface area contributed by atoms with E-state index in [1.165, 1.54) is 27.6 Å². The lowest BCUT2D eigenvalue weighted by Gasteiger charge is -2.37. The van der Waals surface area contributed by atoms with Crippen LogP contribution >= 0.6 is 0 Å². The molecule has 4 rings (SSSR count). The summed E-state index contributed by atoms with van der Waals surface area (Å²) in [4.78, 5) is 17.1. The van der Waals surface area contributed by atoms with Gasteiger partial charge in [-0.1, -0.05) is 60.7 Å². The van der Waals surface area contributed by atoms with Crippen LogP contribution in [-0.2, 0) is 11.2 Å². The number of hydrogen-bond donors (Lipinski definition) is 0. The SMILES string of the molecule is Cc1ccccc1N1CCN(C(=O)CCc2ccc3ccccc3c2)CC1. The number of aryl methyl sites for hydroxylation is 2. The molecule has 3 aromatic carbocycles. The van der Waals surface area contributed by atoms with Gasteiger partial charge in [0.15, 0.2) is 0 Å². The van der Waals surface area contributed by atoms with Crippen molar-refractivity contribution in [1.29, 1.82) is 0 Å². The Morgan fingerprint density at radius 2 is 1.56 bits per heavy atom. The summed E-state index contributed by atoms with van der Waals surface area (Å²) in [5.74, 6) is 0.271. The van der Waals surface area contributed by atoms with Gasteiger partial charge in [0.2, 0.25) is 5.91 Å². The van der Waals surface area contributed by atoms with Crippen LogP contribution in [0.4, 0.5) is 5.69 Å². The smallest absolute Gasteiger partial charge is 0.223 e. The number of carbonyl (C=O) groups excluding carboxylic acids is 1. The molecule has 0 saturated carbocycles. The molecule has 0 atom stereocenters. The first-order valence-corrected chi connectivity index (χ1v) is 9.77. The second kappa shape index (κ2) is 7.83. The second-order valence-electron chi connectivity index (χ2n) is 7.34. The zero-order chi connectivity index (χ0) is 18.6. The van der Waals surface area contributed by atoms with Crippen molar-refractivity contribution in [2.24, 2.45) is 0 Å². The predicted octanol–water partition coefficient (Wildman–Crippen LogP) is 4.43. The second-order valence-corrected chi connectivity index (χ2v) is 7.34. The lowest BCUT2D eigenvalue weighted by molar-refractivity contribution is -0.131. The molecular formula is C24H26N2O. The Bertz CT molecular complexity index is 942. The average Bonchev–Trinajstić information content (AvgIpc) is 2.72. The fraction of sp³-hybridized carbons (Fsp3) is 0.292. The van der Waals surface area contributed by atoms with E-state index >= 15 is 0 Å². The first-order valence-electron chi connectivity index (χ1n) is 9.77. The molecule has 3 aromatic rings. The normalized spacial score (nSPS) is 14.6. The van der Waals surface area contributed by atoms with Gasteiger partial charge in [0.1, 0.15) is 0 Å². The number of amides is 1. The van der Waals surface area contributed by atoms with Gasteiger partial charge in [-0.3, -0.25) is 4.79 Å². The predicted molar refractivity (Wildman–Crippen MR) is 112 cm³/mol. The molecule has 1 saturated heterocycles. The zero-order valence-corrected chi connectivity index (χ0v) is 15.9. The number of anilines is 1. The van der Waals surface area contributed by atoms with E-state index in [-0.39, 0.29) is 5.91 Å². The van der Waals surface area contributed by atoms with Gasteiger partial charge >= 0.3 is 0 Å². The number of rotatable bonds is 4. The van der Waals surface area contributed by atoms with Gasteiger partial charge in [-0.2, -0.15) is 0 Å². The standard InChI is InChI=1S/C24H26N2O/c1-19-6-2-5-9-23(19)25-14-16-26(17-15-25)24(27)13-11-20-10-12-21-7-3-4-8-22(21)18-20/h2-10,12,18H,11,13-17H2,1H3. The molecule has 0 N–H and O–H groups in total. The Hall–Kier alpha value is -2.81. The fourth-order valence-corrected chi connectivity index (χ4v) is 3.92. The Morgan fingerprint density at radius 1 is 0.852 bits per heavy atom.